The van der Waals surface area contributed by atoms with E-state index in [1.54, 1.807) is 43.3 Å². The average Bonchev–Trinajstić information content (AvgIpc) is 2.71. The lowest BCUT2D eigenvalue weighted by molar-refractivity contribution is -0.136. The summed E-state index contributed by atoms with van der Waals surface area (Å²) in [6, 6.07) is 9.94. The fourth-order valence-corrected chi connectivity index (χ4v) is 3.32. The number of methoxy groups -OCH3 is 2. The summed E-state index contributed by atoms with van der Waals surface area (Å²) in [4.78, 5) is 36.4. The summed E-state index contributed by atoms with van der Waals surface area (Å²) < 4.78 is 15.3. The zero-order chi connectivity index (χ0) is 20.7. The van der Waals surface area contributed by atoms with Crippen molar-refractivity contribution in [3.05, 3.63) is 56.7 Å². The Morgan fingerprint density at radius 3 is 2.07 bits per heavy atom. The Hall–Kier alpha value is -2.86. The number of hydrogen-bond donors (Lipinski definition) is 0. The van der Waals surface area contributed by atoms with E-state index in [2.05, 4.69) is 34.4 Å². The number of halogens is 1. The van der Waals surface area contributed by atoms with Crippen LogP contribution in [0, 0.1) is 15.4 Å². The van der Waals surface area contributed by atoms with Crippen LogP contribution < -0.4 is 0 Å². The molecule has 0 aliphatic carbocycles. The van der Waals surface area contributed by atoms with Crippen molar-refractivity contribution in [3.63, 3.8) is 0 Å². The molecular formula is C21H17IO6. The molecule has 144 valence electrons. The molecular weight excluding hydrogens is 475 g/mol. The van der Waals surface area contributed by atoms with Gasteiger partial charge in [-0.2, -0.15) is 0 Å². The molecule has 2 rings (SSSR count). The van der Waals surface area contributed by atoms with Crippen LogP contribution >= 0.6 is 22.6 Å². The van der Waals surface area contributed by atoms with Gasteiger partial charge in [0.2, 0.25) is 0 Å². The van der Waals surface area contributed by atoms with Crippen LogP contribution in [0.15, 0.2) is 36.4 Å². The quantitative estimate of drug-likeness (QED) is 0.282. The molecule has 7 heteroatoms. The lowest BCUT2D eigenvalue weighted by atomic mass is 9.91. The van der Waals surface area contributed by atoms with Crippen LogP contribution in [0.5, 0.6) is 0 Å². The van der Waals surface area contributed by atoms with Crippen molar-refractivity contribution >= 4 is 40.5 Å². The molecule has 0 heterocycles. The van der Waals surface area contributed by atoms with Gasteiger partial charge in [0.05, 0.1) is 32.0 Å². The topological polar surface area (TPSA) is 78.9 Å². The molecule has 0 bridgehead atoms. The summed E-state index contributed by atoms with van der Waals surface area (Å²) in [6.07, 6.45) is 0. The molecule has 0 radical (unpaired) electrons. The summed E-state index contributed by atoms with van der Waals surface area (Å²) in [7, 11) is 2.54. The lowest BCUT2D eigenvalue weighted by Crippen LogP contribution is -2.10. The van der Waals surface area contributed by atoms with E-state index in [9.17, 15) is 14.4 Å². The Morgan fingerprint density at radius 1 is 0.929 bits per heavy atom. The van der Waals surface area contributed by atoms with Crippen molar-refractivity contribution in [2.45, 2.75) is 6.92 Å². The molecule has 0 aliphatic heterocycles. The minimum absolute atomic E-state index is 0.200. The molecule has 0 amide bonds. The second-order valence-corrected chi connectivity index (χ2v) is 6.51. The highest BCUT2D eigenvalue weighted by Crippen LogP contribution is 2.35. The highest BCUT2D eigenvalue weighted by molar-refractivity contribution is 14.1. The number of benzene rings is 2. The first-order valence-corrected chi connectivity index (χ1v) is 9.29. The third kappa shape index (κ3) is 4.70. The molecule has 0 aliphatic rings. The molecule has 0 N–H and O–H groups in total. The van der Waals surface area contributed by atoms with Gasteiger partial charge in [-0.1, -0.05) is 18.1 Å². The second kappa shape index (κ2) is 9.90. The van der Waals surface area contributed by atoms with Crippen LogP contribution in [0.1, 0.15) is 33.2 Å². The van der Waals surface area contributed by atoms with Gasteiger partial charge in [0.1, 0.15) is 0 Å². The fraction of sp³-hybridized carbons (Fsp3) is 0.190. The van der Waals surface area contributed by atoms with E-state index >= 15 is 0 Å². The largest absolute Gasteiger partial charge is 0.465 e. The highest BCUT2D eigenvalue weighted by atomic mass is 127. The van der Waals surface area contributed by atoms with Crippen LogP contribution in [0.3, 0.4) is 0 Å². The van der Waals surface area contributed by atoms with E-state index in [4.69, 9.17) is 14.2 Å². The van der Waals surface area contributed by atoms with Crippen LogP contribution in [-0.4, -0.2) is 38.7 Å². The Morgan fingerprint density at radius 2 is 1.50 bits per heavy atom. The van der Waals surface area contributed by atoms with E-state index in [-0.39, 0.29) is 17.7 Å². The Labute approximate surface area is 176 Å². The summed E-state index contributed by atoms with van der Waals surface area (Å²) in [5, 5.41) is 0. The summed E-state index contributed by atoms with van der Waals surface area (Å²) in [5.74, 6) is 3.30. The number of carbonyl (C=O) groups excluding carboxylic acids is 3. The van der Waals surface area contributed by atoms with E-state index < -0.39 is 17.9 Å². The minimum Gasteiger partial charge on any atom is -0.465 e. The summed E-state index contributed by atoms with van der Waals surface area (Å²) >= 11 is 2.06. The third-order valence-corrected chi connectivity index (χ3v) is 4.61. The van der Waals surface area contributed by atoms with Gasteiger partial charge in [-0.05, 0) is 53.8 Å². The zero-order valence-electron chi connectivity index (χ0n) is 15.5. The van der Waals surface area contributed by atoms with Crippen molar-refractivity contribution in [3.8, 4) is 23.0 Å². The van der Waals surface area contributed by atoms with Gasteiger partial charge in [0.15, 0.2) is 0 Å². The Bertz CT molecular complexity index is 984. The Balaban J connectivity index is 2.84. The van der Waals surface area contributed by atoms with Gasteiger partial charge < -0.3 is 14.2 Å². The number of esters is 3. The first kappa shape index (κ1) is 21.4. The molecule has 6 nitrogen and oxygen atoms in total. The maximum absolute atomic E-state index is 12.4. The van der Waals surface area contributed by atoms with Gasteiger partial charge in [-0.3, -0.25) is 0 Å². The predicted octanol–water partition coefficient (Wildman–Crippen LogP) is 3.45. The van der Waals surface area contributed by atoms with E-state index in [1.807, 2.05) is 0 Å². The standard InChI is InChI=1S/C21H17IO6/c1-4-28-17(23)12-11-13-7-5-8-14(20(24)26-2)18(13)19-15(21(25)27-3)9-6-10-16(19)22/h5-10H,4H2,1-3H3. The number of carbonyl (C=O) groups is 3. The molecule has 2 aromatic rings. The normalized spacial score (nSPS) is 9.71. The fourth-order valence-electron chi connectivity index (χ4n) is 2.55. The van der Waals surface area contributed by atoms with Crippen molar-refractivity contribution in [2.24, 2.45) is 0 Å². The maximum atomic E-state index is 12.4. The van der Waals surface area contributed by atoms with Crippen molar-refractivity contribution in [1.29, 1.82) is 0 Å². The molecule has 0 fully saturated rings. The van der Waals surface area contributed by atoms with Gasteiger partial charge in [-0.15, -0.1) is 0 Å². The molecule has 0 saturated carbocycles. The molecule has 0 spiro atoms. The molecule has 0 aromatic heterocycles. The second-order valence-electron chi connectivity index (χ2n) is 5.34. The Kier molecular flexibility index (Phi) is 7.58. The monoisotopic (exact) mass is 492 g/mol. The van der Waals surface area contributed by atoms with E-state index in [0.29, 0.717) is 20.3 Å². The minimum atomic E-state index is -0.687. The summed E-state index contributed by atoms with van der Waals surface area (Å²) in [5.41, 5.74) is 1.73. The molecule has 2 aromatic carbocycles. The van der Waals surface area contributed by atoms with Crippen LogP contribution in [0.4, 0.5) is 0 Å². The van der Waals surface area contributed by atoms with Crippen molar-refractivity contribution in [1.82, 2.24) is 0 Å². The SMILES string of the molecule is CCOC(=O)C#Cc1cccc(C(=O)OC)c1-c1c(I)cccc1C(=O)OC. The van der Waals surface area contributed by atoms with Crippen molar-refractivity contribution in [2.75, 3.05) is 20.8 Å². The third-order valence-electron chi connectivity index (χ3n) is 3.71. The maximum Gasteiger partial charge on any atom is 0.384 e. The zero-order valence-corrected chi connectivity index (χ0v) is 17.7. The van der Waals surface area contributed by atoms with Crippen LogP contribution in [0.25, 0.3) is 11.1 Å². The number of ether oxygens (including phenoxy) is 3. The van der Waals surface area contributed by atoms with Gasteiger partial charge in [-0.25, -0.2) is 14.4 Å². The summed E-state index contributed by atoms with van der Waals surface area (Å²) in [6.45, 7) is 1.88. The lowest BCUT2D eigenvalue weighted by Gasteiger charge is -2.15. The molecule has 28 heavy (non-hydrogen) atoms. The van der Waals surface area contributed by atoms with Crippen LogP contribution in [-0.2, 0) is 19.0 Å². The smallest absolute Gasteiger partial charge is 0.384 e. The molecule has 0 saturated heterocycles. The van der Waals surface area contributed by atoms with Gasteiger partial charge in [0, 0.05) is 26.2 Å². The van der Waals surface area contributed by atoms with Gasteiger partial charge >= 0.3 is 17.9 Å². The van der Waals surface area contributed by atoms with E-state index in [1.165, 1.54) is 14.2 Å². The van der Waals surface area contributed by atoms with Gasteiger partial charge in [0.25, 0.3) is 0 Å². The average molecular weight is 492 g/mol. The first-order chi connectivity index (χ1) is 13.4. The highest BCUT2D eigenvalue weighted by Gasteiger charge is 2.23. The first-order valence-electron chi connectivity index (χ1n) is 8.21. The number of hydrogen-bond acceptors (Lipinski definition) is 6. The van der Waals surface area contributed by atoms with Crippen LogP contribution in [0.2, 0.25) is 0 Å². The molecule has 0 unspecified atom stereocenters. The van der Waals surface area contributed by atoms with E-state index in [0.717, 1.165) is 0 Å². The van der Waals surface area contributed by atoms with Crippen molar-refractivity contribution < 1.29 is 28.6 Å². The number of rotatable bonds is 4. The predicted molar refractivity (Wildman–Crippen MR) is 111 cm³/mol. The molecule has 0 atom stereocenters.